The molecule has 1 aromatic carbocycles. The van der Waals surface area contributed by atoms with Gasteiger partial charge in [0.05, 0.1) is 7.11 Å². The highest BCUT2D eigenvalue weighted by Gasteiger charge is 2.27. The molecule has 0 atom stereocenters. The van der Waals surface area contributed by atoms with Crippen molar-refractivity contribution in [3.05, 3.63) is 46.2 Å². The number of benzene rings is 1. The number of hydrogen-bond acceptors (Lipinski definition) is 4. The second kappa shape index (κ2) is 5.46. The third-order valence-corrected chi connectivity index (χ3v) is 3.25. The third kappa shape index (κ3) is 2.88. The molecule has 0 radical (unpaired) electrons. The number of rotatable bonds is 4. The van der Waals surface area contributed by atoms with E-state index in [1.807, 2.05) is 30.3 Å². The Kier molecular flexibility index (Phi) is 3.90. The van der Waals surface area contributed by atoms with Crippen molar-refractivity contribution in [2.45, 2.75) is 25.9 Å². The van der Waals surface area contributed by atoms with Crippen molar-refractivity contribution in [2.24, 2.45) is 0 Å². The van der Waals surface area contributed by atoms with E-state index in [9.17, 15) is 9.59 Å². The largest absolute Gasteiger partial charge is 0.468 e. The minimum absolute atomic E-state index is 0.156. The van der Waals surface area contributed by atoms with Gasteiger partial charge in [-0.2, -0.15) is 0 Å². The molecule has 0 aliphatic heterocycles. The van der Waals surface area contributed by atoms with Gasteiger partial charge in [0.1, 0.15) is 5.54 Å². The van der Waals surface area contributed by atoms with Crippen LogP contribution in [0.2, 0.25) is 0 Å². The quantitative estimate of drug-likeness (QED) is 0.830. The highest BCUT2D eigenvalue weighted by Crippen LogP contribution is 2.11. The molecule has 1 aromatic heterocycles. The molecule has 0 aliphatic rings. The number of esters is 1. The number of aromatic nitrogens is 1. The van der Waals surface area contributed by atoms with Crippen molar-refractivity contribution in [3.63, 3.8) is 0 Å². The van der Waals surface area contributed by atoms with Crippen LogP contribution >= 0.6 is 0 Å². The Morgan fingerprint density at radius 1 is 1.35 bits per heavy atom. The predicted octanol–water partition coefficient (Wildman–Crippen LogP) is 1.57. The molecule has 0 spiro atoms. The smallest absolute Gasteiger partial charge is 0.325 e. The van der Waals surface area contributed by atoms with E-state index in [1.165, 1.54) is 7.11 Å². The summed E-state index contributed by atoms with van der Waals surface area (Å²) in [7, 11) is 1.34. The fourth-order valence-corrected chi connectivity index (χ4v) is 1.97. The molecule has 0 saturated heterocycles. The molecule has 0 unspecified atom stereocenters. The number of nitrogens with one attached hydrogen (secondary N) is 2. The van der Waals surface area contributed by atoms with Crippen LogP contribution < -0.4 is 10.9 Å². The molecule has 2 N–H and O–H groups in total. The third-order valence-electron chi connectivity index (χ3n) is 3.25. The average molecular weight is 274 g/mol. The Labute approximate surface area is 117 Å². The maximum absolute atomic E-state index is 12.0. The van der Waals surface area contributed by atoms with Gasteiger partial charge < -0.3 is 9.72 Å². The number of carbonyl (C=O) groups is 1. The summed E-state index contributed by atoms with van der Waals surface area (Å²) in [6, 6.07) is 9.40. The van der Waals surface area contributed by atoms with Crippen LogP contribution in [0.15, 0.2) is 35.1 Å². The van der Waals surface area contributed by atoms with Gasteiger partial charge >= 0.3 is 5.97 Å². The van der Waals surface area contributed by atoms with Gasteiger partial charge in [0.25, 0.3) is 5.56 Å². The van der Waals surface area contributed by atoms with Crippen LogP contribution in [0.5, 0.6) is 0 Å². The number of pyridine rings is 1. The molecule has 1 heterocycles. The monoisotopic (exact) mass is 274 g/mol. The number of hydrogen-bond donors (Lipinski definition) is 2. The molecule has 0 fully saturated rings. The molecule has 5 nitrogen and oxygen atoms in total. The number of fused-ring (bicyclic) bond motifs is 1. The van der Waals surface area contributed by atoms with Crippen LogP contribution in [0.1, 0.15) is 19.4 Å². The van der Waals surface area contributed by atoms with Gasteiger partial charge in [-0.1, -0.05) is 18.2 Å². The molecule has 0 bridgehead atoms. The lowest BCUT2D eigenvalue weighted by molar-refractivity contribution is -0.147. The van der Waals surface area contributed by atoms with Gasteiger partial charge in [-0.25, -0.2) is 0 Å². The van der Waals surface area contributed by atoms with E-state index in [2.05, 4.69) is 10.3 Å². The number of para-hydroxylation sites is 1. The predicted molar refractivity (Wildman–Crippen MR) is 77.5 cm³/mol. The van der Waals surface area contributed by atoms with E-state index >= 15 is 0 Å². The second-order valence-corrected chi connectivity index (χ2v) is 5.18. The maximum Gasteiger partial charge on any atom is 0.325 e. The normalized spacial score (nSPS) is 11.6. The Bertz CT molecular complexity index is 689. The molecule has 5 heteroatoms. The summed E-state index contributed by atoms with van der Waals surface area (Å²) in [5, 5.41) is 4.00. The van der Waals surface area contributed by atoms with E-state index in [0.29, 0.717) is 12.1 Å². The van der Waals surface area contributed by atoms with Gasteiger partial charge in [-0.15, -0.1) is 0 Å². The number of methoxy groups -OCH3 is 1. The maximum atomic E-state index is 12.0. The second-order valence-electron chi connectivity index (χ2n) is 5.18. The van der Waals surface area contributed by atoms with Crippen LogP contribution in [0.3, 0.4) is 0 Å². The molecular weight excluding hydrogens is 256 g/mol. The van der Waals surface area contributed by atoms with Crippen LogP contribution in [0, 0.1) is 0 Å². The molecule has 106 valence electrons. The van der Waals surface area contributed by atoms with Gasteiger partial charge in [0, 0.05) is 17.6 Å². The van der Waals surface area contributed by atoms with Crippen molar-refractivity contribution >= 4 is 16.9 Å². The standard InChI is InChI=1S/C15H18N2O3/c1-15(2,14(19)20-3)16-9-11-8-10-6-4-5-7-12(10)17-13(11)18/h4-8,16H,9H2,1-3H3,(H,17,18). The molecule has 2 rings (SSSR count). The lowest BCUT2D eigenvalue weighted by Gasteiger charge is -2.23. The van der Waals surface area contributed by atoms with E-state index in [1.54, 1.807) is 13.8 Å². The number of carbonyl (C=O) groups excluding carboxylic acids is 1. The van der Waals surface area contributed by atoms with Gasteiger partial charge in [0.15, 0.2) is 0 Å². The molecule has 20 heavy (non-hydrogen) atoms. The van der Waals surface area contributed by atoms with Crippen molar-refractivity contribution in [1.29, 1.82) is 0 Å². The summed E-state index contributed by atoms with van der Waals surface area (Å²) >= 11 is 0. The van der Waals surface area contributed by atoms with Crippen LogP contribution in [-0.2, 0) is 16.1 Å². The Balaban J connectivity index is 2.24. The first-order chi connectivity index (χ1) is 9.44. The summed E-state index contributed by atoms with van der Waals surface area (Å²) in [4.78, 5) is 26.4. The number of H-pyrrole nitrogens is 1. The number of ether oxygens (including phenoxy) is 1. The number of aromatic amines is 1. The highest BCUT2D eigenvalue weighted by atomic mass is 16.5. The first kappa shape index (κ1) is 14.3. The summed E-state index contributed by atoms with van der Waals surface area (Å²) in [6.45, 7) is 3.73. The summed E-state index contributed by atoms with van der Waals surface area (Å²) in [6.07, 6.45) is 0. The summed E-state index contributed by atoms with van der Waals surface area (Å²) in [5.74, 6) is -0.366. The average Bonchev–Trinajstić information content (AvgIpc) is 2.44. The lowest BCUT2D eigenvalue weighted by Crippen LogP contribution is -2.47. The van der Waals surface area contributed by atoms with Crippen LogP contribution in [-0.4, -0.2) is 23.6 Å². The first-order valence-corrected chi connectivity index (χ1v) is 6.38. The van der Waals surface area contributed by atoms with Crippen LogP contribution in [0.4, 0.5) is 0 Å². The van der Waals surface area contributed by atoms with Gasteiger partial charge in [0.2, 0.25) is 0 Å². The van der Waals surface area contributed by atoms with E-state index in [4.69, 9.17) is 4.74 Å². The highest BCUT2D eigenvalue weighted by molar-refractivity contribution is 5.80. The first-order valence-electron chi connectivity index (χ1n) is 6.38. The lowest BCUT2D eigenvalue weighted by atomic mass is 10.1. The fraction of sp³-hybridized carbons (Fsp3) is 0.333. The van der Waals surface area contributed by atoms with Gasteiger partial charge in [-0.05, 0) is 31.4 Å². The van der Waals surface area contributed by atoms with Crippen LogP contribution in [0.25, 0.3) is 10.9 Å². The van der Waals surface area contributed by atoms with Gasteiger partial charge in [-0.3, -0.25) is 14.9 Å². The minimum Gasteiger partial charge on any atom is -0.468 e. The fourth-order valence-electron chi connectivity index (χ4n) is 1.97. The Morgan fingerprint density at radius 3 is 2.75 bits per heavy atom. The van der Waals surface area contributed by atoms with Crippen molar-refractivity contribution < 1.29 is 9.53 Å². The van der Waals surface area contributed by atoms with Crippen molar-refractivity contribution in [3.8, 4) is 0 Å². The van der Waals surface area contributed by atoms with E-state index in [0.717, 1.165) is 10.9 Å². The summed E-state index contributed by atoms with van der Waals surface area (Å²) in [5.41, 5.74) is 0.387. The van der Waals surface area contributed by atoms with Crippen molar-refractivity contribution in [2.75, 3.05) is 7.11 Å². The molecule has 0 saturated carbocycles. The van der Waals surface area contributed by atoms with E-state index in [-0.39, 0.29) is 11.5 Å². The molecular formula is C15H18N2O3. The minimum atomic E-state index is -0.840. The molecule has 0 amide bonds. The van der Waals surface area contributed by atoms with E-state index < -0.39 is 5.54 Å². The Morgan fingerprint density at radius 2 is 2.05 bits per heavy atom. The zero-order valence-electron chi connectivity index (χ0n) is 11.8. The SMILES string of the molecule is COC(=O)C(C)(C)NCc1cc2ccccc2[nH]c1=O. The molecule has 2 aromatic rings. The summed E-state index contributed by atoms with van der Waals surface area (Å²) < 4.78 is 4.72. The zero-order chi connectivity index (χ0) is 14.8. The van der Waals surface area contributed by atoms with Crippen molar-refractivity contribution in [1.82, 2.24) is 10.3 Å². The topological polar surface area (TPSA) is 71.2 Å². The zero-order valence-corrected chi connectivity index (χ0v) is 11.8. The Hall–Kier alpha value is -2.14. The molecule has 0 aliphatic carbocycles.